The van der Waals surface area contributed by atoms with Crippen LogP contribution in [-0.2, 0) is 11.2 Å². The summed E-state index contributed by atoms with van der Waals surface area (Å²) in [4.78, 5) is 33.5. The molecule has 1 fully saturated rings. The molecule has 1 aromatic carbocycles. The van der Waals surface area contributed by atoms with Crippen LogP contribution in [0.2, 0.25) is 0 Å². The fourth-order valence-electron chi connectivity index (χ4n) is 4.66. The first kappa shape index (κ1) is 22.4. The fourth-order valence-corrected chi connectivity index (χ4v) is 4.66. The smallest absolute Gasteiger partial charge is 0.410 e. The Labute approximate surface area is 189 Å². The van der Waals surface area contributed by atoms with Crippen LogP contribution in [0.1, 0.15) is 85.9 Å². The molecule has 32 heavy (non-hydrogen) atoms. The average molecular weight is 440 g/mol. The minimum Gasteiger partial charge on any atom is -0.448 e. The fraction of sp³-hybridized carbons (Fsp3) is 0.560. The molecule has 2 aromatic rings. The van der Waals surface area contributed by atoms with Gasteiger partial charge in [0, 0.05) is 26.1 Å². The molecule has 4 rings (SSSR count). The number of aromatic nitrogens is 1. The van der Waals surface area contributed by atoms with E-state index in [2.05, 4.69) is 23.2 Å². The van der Waals surface area contributed by atoms with Gasteiger partial charge in [-0.2, -0.15) is 0 Å². The van der Waals surface area contributed by atoms with E-state index in [4.69, 9.17) is 9.15 Å². The Morgan fingerprint density at radius 1 is 1.16 bits per heavy atom. The first-order valence-electron chi connectivity index (χ1n) is 11.5. The zero-order valence-corrected chi connectivity index (χ0v) is 19.5. The molecule has 1 atom stereocenters. The molecule has 0 N–H and O–H groups in total. The molecule has 0 bridgehead atoms. The van der Waals surface area contributed by atoms with Gasteiger partial charge in [-0.25, -0.2) is 9.78 Å². The van der Waals surface area contributed by atoms with Gasteiger partial charge in [0.15, 0.2) is 11.6 Å². The summed E-state index contributed by atoms with van der Waals surface area (Å²) in [6, 6.07) is 8.42. The van der Waals surface area contributed by atoms with Crippen molar-refractivity contribution >= 4 is 12.0 Å². The number of ether oxygens (including phenoxy) is 1. The summed E-state index contributed by atoms with van der Waals surface area (Å²) in [6.45, 7) is 6.78. The zero-order valence-electron chi connectivity index (χ0n) is 19.5. The summed E-state index contributed by atoms with van der Waals surface area (Å²) < 4.78 is 11.2. The van der Waals surface area contributed by atoms with Crippen molar-refractivity contribution in [3.8, 4) is 0 Å². The molecule has 0 unspecified atom stereocenters. The van der Waals surface area contributed by atoms with Gasteiger partial charge >= 0.3 is 6.09 Å². The van der Waals surface area contributed by atoms with Crippen LogP contribution in [0.15, 0.2) is 34.9 Å². The molecule has 2 amide bonds. The first-order valence-corrected chi connectivity index (χ1v) is 11.5. The quantitative estimate of drug-likeness (QED) is 0.677. The number of oxazole rings is 1. The number of amides is 2. The predicted octanol–water partition coefficient (Wildman–Crippen LogP) is 4.94. The number of nitrogens with zero attached hydrogens (tertiary/aromatic N) is 3. The molecule has 1 aromatic heterocycles. The van der Waals surface area contributed by atoms with E-state index in [0.717, 1.165) is 32.1 Å². The third-order valence-electron chi connectivity index (χ3n) is 6.36. The highest BCUT2D eigenvalue weighted by Crippen LogP contribution is 2.34. The Morgan fingerprint density at radius 3 is 2.59 bits per heavy atom. The number of aryl methyl sites for hydroxylation is 1. The Morgan fingerprint density at radius 2 is 1.88 bits per heavy atom. The summed E-state index contributed by atoms with van der Waals surface area (Å²) in [7, 11) is 1.85. The van der Waals surface area contributed by atoms with E-state index in [-0.39, 0.29) is 24.0 Å². The maximum atomic E-state index is 13.2. The maximum absolute atomic E-state index is 13.2. The largest absolute Gasteiger partial charge is 0.448 e. The number of fused-ring (bicyclic) bond motifs is 1. The molecular weight excluding hydrogens is 406 g/mol. The molecule has 0 radical (unpaired) electrons. The van der Waals surface area contributed by atoms with Crippen molar-refractivity contribution in [3.05, 3.63) is 53.2 Å². The monoisotopic (exact) mass is 439 g/mol. The van der Waals surface area contributed by atoms with Crippen LogP contribution in [0.4, 0.5) is 4.79 Å². The Bertz CT molecular complexity index is 970. The van der Waals surface area contributed by atoms with Crippen molar-refractivity contribution in [2.75, 3.05) is 20.1 Å². The van der Waals surface area contributed by atoms with Gasteiger partial charge in [-0.05, 0) is 64.0 Å². The lowest BCUT2D eigenvalue weighted by Gasteiger charge is -2.33. The maximum Gasteiger partial charge on any atom is 0.410 e. The van der Waals surface area contributed by atoms with Crippen LogP contribution in [0.5, 0.6) is 0 Å². The highest BCUT2D eigenvalue weighted by molar-refractivity contribution is 5.92. The van der Waals surface area contributed by atoms with Crippen LogP contribution < -0.4 is 0 Å². The molecule has 172 valence electrons. The number of hydrogen-bond donors (Lipinski definition) is 0. The van der Waals surface area contributed by atoms with Gasteiger partial charge < -0.3 is 19.0 Å². The van der Waals surface area contributed by atoms with Crippen molar-refractivity contribution in [1.29, 1.82) is 0 Å². The number of piperidine rings is 1. The average Bonchev–Trinajstić information content (AvgIpc) is 3.27. The van der Waals surface area contributed by atoms with Crippen molar-refractivity contribution in [2.24, 2.45) is 0 Å². The number of carbonyl (C=O) groups excluding carboxylic acids is 2. The standard InChI is InChI=1S/C25H33N3O4/c1-25(2,3)32-24(30)28-14-12-18(13-15-28)22-26-20(16-31-22)23(29)27(4)21-11-7-9-17-8-5-6-10-19(17)21/h5-6,8,10,16,18,21H,7,9,11-15H2,1-4H3/t21-/m1/s1. The van der Waals surface area contributed by atoms with Gasteiger partial charge in [0.2, 0.25) is 0 Å². The topological polar surface area (TPSA) is 75.9 Å². The van der Waals surface area contributed by atoms with Crippen molar-refractivity contribution in [1.82, 2.24) is 14.8 Å². The van der Waals surface area contributed by atoms with Crippen LogP contribution in [0.25, 0.3) is 0 Å². The van der Waals surface area contributed by atoms with Gasteiger partial charge in [-0.15, -0.1) is 0 Å². The van der Waals surface area contributed by atoms with E-state index >= 15 is 0 Å². The summed E-state index contributed by atoms with van der Waals surface area (Å²) in [5, 5.41) is 0. The van der Waals surface area contributed by atoms with Crippen LogP contribution in [0.3, 0.4) is 0 Å². The minimum absolute atomic E-state index is 0.0599. The molecule has 2 heterocycles. The molecule has 0 spiro atoms. The van der Waals surface area contributed by atoms with Crippen LogP contribution >= 0.6 is 0 Å². The summed E-state index contributed by atoms with van der Waals surface area (Å²) >= 11 is 0. The lowest BCUT2D eigenvalue weighted by molar-refractivity contribution is 0.0199. The van der Waals surface area contributed by atoms with Crippen molar-refractivity contribution in [2.45, 2.75) is 70.4 Å². The summed E-state index contributed by atoms with van der Waals surface area (Å²) in [5.74, 6) is 0.554. The van der Waals surface area contributed by atoms with Crippen LogP contribution in [-0.4, -0.2) is 52.5 Å². The molecule has 7 nitrogen and oxygen atoms in total. The van der Waals surface area contributed by atoms with Gasteiger partial charge in [-0.1, -0.05) is 24.3 Å². The van der Waals surface area contributed by atoms with Crippen molar-refractivity contribution in [3.63, 3.8) is 0 Å². The van der Waals surface area contributed by atoms with E-state index in [1.165, 1.54) is 17.4 Å². The SMILES string of the molecule is CN(C(=O)c1coc(C2CCN(C(=O)OC(C)(C)C)CC2)n1)[C@@H]1CCCc2ccccc21. The number of rotatable bonds is 3. The molecule has 0 saturated carbocycles. The Kier molecular flexibility index (Phi) is 6.26. The molecule has 1 saturated heterocycles. The second-order valence-electron chi connectivity index (χ2n) is 9.84. The normalized spacial score (nSPS) is 19.4. The minimum atomic E-state index is -0.503. The predicted molar refractivity (Wildman–Crippen MR) is 120 cm³/mol. The Balaban J connectivity index is 1.38. The highest BCUT2D eigenvalue weighted by Gasteiger charge is 2.32. The van der Waals surface area contributed by atoms with E-state index in [1.54, 1.807) is 9.80 Å². The summed E-state index contributed by atoms with van der Waals surface area (Å²) in [6.07, 6.45) is 5.74. The molecular formula is C25H33N3O4. The number of carbonyl (C=O) groups is 2. The molecule has 1 aliphatic carbocycles. The highest BCUT2D eigenvalue weighted by atomic mass is 16.6. The van der Waals surface area contributed by atoms with E-state index < -0.39 is 5.60 Å². The van der Waals surface area contributed by atoms with E-state index in [9.17, 15) is 9.59 Å². The third kappa shape index (κ3) is 4.81. The Hall–Kier alpha value is -2.83. The first-order chi connectivity index (χ1) is 15.2. The van der Waals surface area contributed by atoms with Gasteiger partial charge in [0.05, 0.1) is 6.04 Å². The second kappa shape index (κ2) is 8.96. The summed E-state index contributed by atoms with van der Waals surface area (Å²) in [5.41, 5.74) is 2.39. The molecule has 7 heteroatoms. The van der Waals surface area contributed by atoms with Gasteiger partial charge in [0.1, 0.15) is 11.9 Å². The lowest BCUT2D eigenvalue weighted by Crippen LogP contribution is -2.41. The lowest BCUT2D eigenvalue weighted by atomic mass is 9.87. The molecule has 2 aliphatic rings. The van der Waals surface area contributed by atoms with E-state index in [0.29, 0.717) is 24.7 Å². The van der Waals surface area contributed by atoms with E-state index in [1.807, 2.05) is 33.9 Å². The van der Waals surface area contributed by atoms with Gasteiger partial charge in [0.25, 0.3) is 5.91 Å². The number of benzene rings is 1. The number of likely N-dealkylation sites (tertiary alicyclic amines) is 1. The zero-order chi connectivity index (χ0) is 22.9. The van der Waals surface area contributed by atoms with Crippen molar-refractivity contribution < 1.29 is 18.7 Å². The second-order valence-corrected chi connectivity index (χ2v) is 9.84. The van der Waals surface area contributed by atoms with Gasteiger partial charge in [-0.3, -0.25) is 4.79 Å². The third-order valence-corrected chi connectivity index (χ3v) is 6.36. The number of hydrogen-bond acceptors (Lipinski definition) is 5. The molecule has 1 aliphatic heterocycles. The van der Waals surface area contributed by atoms with Crippen LogP contribution in [0, 0.1) is 0 Å².